The molecule has 1 aliphatic heterocycles. The highest BCUT2D eigenvalue weighted by molar-refractivity contribution is 9.10. The molecule has 206 valence electrons. The summed E-state index contributed by atoms with van der Waals surface area (Å²) in [6.07, 6.45) is 1.41. The molecule has 1 amide bonds. The Labute approximate surface area is 240 Å². The molecule has 0 radical (unpaired) electrons. The molecule has 0 aromatic heterocycles. The molecule has 4 rings (SSSR count). The van der Waals surface area contributed by atoms with Gasteiger partial charge in [-0.15, -0.1) is 6.58 Å². The van der Waals surface area contributed by atoms with Crippen molar-refractivity contribution in [3.63, 3.8) is 0 Å². The SMILES string of the molecule is C=CCNNC(=O)[C@@]1(Cc2ccccc2N=[N+]=[N-])N=C(c2ccc(OCCCO)cc2)O[C@H]1c1ccccc1Br. The number of aliphatic hydroxyl groups is 1. The van der Waals surface area contributed by atoms with E-state index in [1.165, 1.54) is 0 Å². The maximum absolute atomic E-state index is 14.0. The van der Waals surface area contributed by atoms with Crippen molar-refractivity contribution >= 4 is 33.4 Å². The van der Waals surface area contributed by atoms with E-state index >= 15 is 0 Å². The predicted molar refractivity (Wildman–Crippen MR) is 156 cm³/mol. The molecule has 3 N–H and O–H groups in total. The summed E-state index contributed by atoms with van der Waals surface area (Å²) in [5.74, 6) is 0.492. The Morgan fingerprint density at radius 2 is 1.95 bits per heavy atom. The lowest BCUT2D eigenvalue weighted by molar-refractivity contribution is -0.129. The predicted octanol–water partition coefficient (Wildman–Crippen LogP) is 5.46. The molecule has 40 heavy (non-hydrogen) atoms. The van der Waals surface area contributed by atoms with Crippen molar-refractivity contribution in [1.29, 1.82) is 0 Å². The minimum atomic E-state index is -1.48. The number of hydrogen-bond donors (Lipinski definition) is 3. The van der Waals surface area contributed by atoms with Crippen LogP contribution in [0.2, 0.25) is 0 Å². The highest BCUT2D eigenvalue weighted by Crippen LogP contribution is 2.45. The number of halogens is 1. The molecule has 0 aliphatic carbocycles. The van der Waals surface area contributed by atoms with Crippen molar-refractivity contribution in [3.8, 4) is 5.75 Å². The molecular formula is C29H29BrN6O4. The van der Waals surface area contributed by atoms with E-state index in [-0.39, 0.29) is 18.9 Å². The number of aliphatic hydroxyl groups excluding tert-OH is 1. The van der Waals surface area contributed by atoms with E-state index in [0.717, 1.165) is 10.0 Å². The number of rotatable bonds is 13. The molecular weight excluding hydrogens is 576 g/mol. The summed E-state index contributed by atoms with van der Waals surface area (Å²) >= 11 is 3.62. The average Bonchev–Trinajstić information content (AvgIpc) is 3.35. The number of carbonyl (C=O) groups is 1. The maximum Gasteiger partial charge on any atom is 0.266 e. The Bertz CT molecular complexity index is 1420. The number of azide groups is 1. The molecule has 3 aromatic rings. The molecule has 10 nitrogen and oxygen atoms in total. The number of nitrogens with one attached hydrogen (secondary N) is 2. The number of amides is 1. The van der Waals surface area contributed by atoms with Crippen LogP contribution >= 0.6 is 15.9 Å². The van der Waals surface area contributed by atoms with Gasteiger partial charge in [-0.05, 0) is 41.4 Å². The van der Waals surface area contributed by atoms with Gasteiger partial charge in [0, 0.05) is 52.2 Å². The zero-order valence-electron chi connectivity index (χ0n) is 21.7. The second-order valence-electron chi connectivity index (χ2n) is 8.93. The summed E-state index contributed by atoms with van der Waals surface area (Å²) < 4.78 is 12.9. The maximum atomic E-state index is 14.0. The summed E-state index contributed by atoms with van der Waals surface area (Å²) in [5.41, 5.74) is 15.7. The topological polar surface area (TPSA) is 141 Å². The van der Waals surface area contributed by atoms with Gasteiger partial charge in [0.1, 0.15) is 5.75 Å². The Hall–Kier alpha value is -4.15. The number of nitrogens with zero attached hydrogens (tertiary/aromatic N) is 4. The largest absolute Gasteiger partial charge is 0.494 e. The van der Waals surface area contributed by atoms with E-state index in [1.807, 2.05) is 42.5 Å². The first kappa shape index (κ1) is 28.8. The summed E-state index contributed by atoms with van der Waals surface area (Å²) in [7, 11) is 0. The van der Waals surface area contributed by atoms with Crippen LogP contribution in [-0.2, 0) is 16.0 Å². The van der Waals surface area contributed by atoms with E-state index in [4.69, 9.17) is 25.1 Å². The molecule has 0 saturated carbocycles. The second-order valence-corrected chi connectivity index (χ2v) is 9.78. The Morgan fingerprint density at radius 3 is 2.67 bits per heavy atom. The van der Waals surface area contributed by atoms with Crippen LogP contribution in [0.3, 0.4) is 0 Å². The number of hydrazine groups is 1. The molecule has 0 saturated heterocycles. The minimum absolute atomic E-state index is 0.0494. The van der Waals surface area contributed by atoms with E-state index in [1.54, 1.807) is 36.4 Å². The van der Waals surface area contributed by atoms with Gasteiger partial charge >= 0.3 is 0 Å². The van der Waals surface area contributed by atoms with Crippen LogP contribution in [-0.4, -0.2) is 42.2 Å². The third-order valence-electron chi connectivity index (χ3n) is 6.27. The fraction of sp³-hybridized carbons (Fsp3) is 0.241. The molecule has 0 bridgehead atoms. The fourth-order valence-electron chi connectivity index (χ4n) is 4.36. The van der Waals surface area contributed by atoms with Gasteiger partial charge in [-0.25, -0.2) is 10.4 Å². The normalized spacial score (nSPS) is 17.8. The highest BCUT2D eigenvalue weighted by Gasteiger charge is 2.54. The van der Waals surface area contributed by atoms with Crippen molar-refractivity contribution in [2.45, 2.75) is 24.5 Å². The van der Waals surface area contributed by atoms with Crippen molar-refractivity contribution in [2.24, 2.45) is 10.1 Å². The van der Waals surface area contributed by atoms with Crippen molar-refractivity contribution in [3.05, 3.63) is 117 Å². The summed E-state index contributed by atoms with van der Waals surface area (Å²) in [6.45, 7) is 4.47. The van der Waals surface area contributed by atoms with Gasteiger partial charge in [0.2, 0.25) is 5.90 Å². The summed E-state index contributed by atoms with van der Waals surface area (Å²) in [6, 6.07) is 21.8. The van der Waals surface area contributed by atoms with Gasteiger partial charge in [-0.1, -0.05) is 69.6 Å². The van der Waals surface area contributed by atoms with Crippen LogP contribution in [0.5, 0.6) is 5.75 Å². The molecule has 2 atom stereocenters. The smallest absolute Gasteiger partial charge is 0.266 e. The summed E-state index contributed by atoms with van der Waals surface area (Å²) in [5, 5.41) is 12.8. The zero-order valence-corrected chi connectivity index (χ0v) is 23.3. The Morgan fingerprint density at radius 1 is 1.20 bits per heavy atom. The molecule has 1 aliphatic rings. The van der Waals surface area contributed by atoms with Gasteiger partial charge in [-0.3, -0.25) is 10.2 Å². The number of hydrogen-bond acceptors (Lipinski definition) is 7. The lowest BCUT2D eigenvalue weighted by Gasteiger charge is -2.31. The van der Waals surface area contributed by atoms with Gasteiger partial charge in [-0.2, -0.15) is 0 Å². The lowest BCUT2D eigenvalue weighted by atomic mass is 9.81. The van der Waals surface area contributed by atoms with Crippen LogP contribution in [0.25, 0.3) is 10.4 Å². The molecule has 3 aromatic carbocycles. The van der Waals surface area contributed by atoms with Gasteiger partial charge in [0.05, 0.1) is 6.61 Å². The van der Waals surface area contributed by atoms with Crippen molar-refractivity contribution < 1.29 is 19.4 Å². The van der Waals surface area contributed by atoms with Crippen LogP contribution in [0, 0.1) is 0 Å². The minimum Gasteiger partial charge on any atom is -0.494 e. The van der Waals surface area contributed by atoms with Gasteiger partial charge < -0.3 is 14.6 Å². The number of carbonyl (C=O) groups excluding carboxylic acids is 1. The highest BCUT2D eigenvalue weighted by atomic mass is 79.9. The Kier molecular flexibility index (Phi) is 9.93. The van der Waals surface area contributed by atoms with E-state index in [0.29, 0.717) is 42.1 Å². The van der Waals surface area contributed by atoms with Crippen LogP contribution in [0.15, 0.2) is 100 Å². The first-order chi connectivity index (χ1) is 19.5. The van der Waals surface area contributed by atoms with Crippen molar-refractivity contribution in [2.75, 3.05) is 19.8 Å². The average molecular weight is 605 g/mol. The lowest BCUT2D eigenvalue weighted by Crippen LogP contribution is -2.54. The monoisotopic (exact) mass is 604 g/mol. The first-order valence-corrected chi connectivity index (χ1v) is 13.4. The van der Waals surface area contributed by atoms with Crippen LogP contribution < -0.4 is 15.6 Å². The number of aliphatic imine (C=N–C) groups is 1. The molecule has 11 heteroatoms. The van der Waals surface area contributed by atoms with Gasteiger partial charge in [0.25, 0.3) is 5.91 Å². The molecule has 0 unspecified atom stereocenters. The standard InChI is InChI=1S/C29H29BrN6O4/c1-2-16-32-35-28(38)29(19-21-8-3-6-11-25(21)34-36-31)26(23-9-4-5-10-24(23)30)40-27(33-29)20-12-14-22(15-13-20)39-18-7-17-37/h2-6,8-15,26,32,37H,1,7,16-19H2,(H,35,38)/t26-,29-/m0/s1. The Balaban J connectivity index is 1.83. The molecule has 0 fully saturated rings. The van der Waals surface area contributed by atoms with Gasteiger partial charge in [0.15, 0.2) is 11.6 Å². The quantitative estimate of drug-likeness (QED) is 0.0593. The first-order valence-electron chi connectivity index (χ1n) is 12.6. The van der Waals surface area contributed by atoms with Crippen LogP contribution in [0.4, 0.5) is 5.69 Å². The third-order valence-corrected chi connectivity index (χ3v) is 6.99. The third kappa shape index (κ3) is 6.52. The number of benzene rings is 3. The summed E-state index contributed by atoms with van der Waals surface area (Å²) in [4.78, 5) is 21.9. The molecule has 1 heterocycles. The number of ether oxygens (including phenoxy) is 2. The van der Waals surface area contributed by atoms with Crippen LogP contribution in [0.1, 0.15) is 29.2 Å². The molecule has 0 spiro atoms. The zero-order chi connectivity index (χ0) is 28.4. The second kappa shape index (κ2) is 13.8. The fourth-order valence-corrected chi connectivity index (χ4v) is 4.85. The van der Waals surface area contributed by atoms with Crippen molar-refractivity contribution in [1.82, 2.24) is 10.9 Å². The van der Waals surface area contributed by atoms with E-state index < -0.39 is 17.6 Å². The van der Waals surface area contributed by atoms with E-state index in [2.05, 4.69) is 43.4 Å². The van der Waals surface area contributed by atoms with E-state index in [9.17, 15) is 4.79 Å².